The number of hydrogen-bond acceptors (Lipinski definition) is 3. The minimum atomic E-state index is -0.771. The van der Waals surface area contributed by atoms with Crippen molar-refractivity contribution in [2.75, 3.05) is 13.2 Å². The SMILES string of the molecule is Cc1ccc(C)c(OCCC(=O)NCCCCCC(=O)O)c1. The van der Waals surface area contributed by atoms with Crippen LogP contribution in [0, 0.1) is 13.8 Å². The summed E-state index contributed by atoms with van der Waals surface area (Å²) < 4.78 is 5.63. The molecule has 0 aliphatic heterocycles. The van der Waals surface area contributed by atoms with E-state index < -0.39 is 5.97 Å². The maximum Gasteiger partial charge on any atom is 0.303 e. The summed E-state index contributed by atoms with van der Waals surface area (Å²) in [6.45, 7) is 4.92. The smallest absolute Gasteiger partial charge is 0.303 e. The van der Waals surface area contributed by atoms with Crippen LogP contribution < -0.4 is 10.1 Å². The van der Waals surface area contributed by atoms with Crippen LogP contribution in [-0.4, -0.2) is 30.1 Å². The number of ether oxygens (including phenoxy) is 1. The van der Waals surface area contributed by atoms with Gasteiger partial charge in [-0.2, -0.15) is 0 Å². The van der Waals surface area contributed by atoms with Crippen molar-refractivity contribution < 1.29 is 19.4 Å². The Morgan fingerprint density at radius 3 is 2.64 bits per heavy atom. The number of unbranched alkanes of at least 4 members (excludes halogenated alkanes) is 2. The van der Waals surface area contributed by atoms with Crippen LogP contribution in [-0.2, 0) is 9.59 Å². The van der Waals surface area contributed by atoms with E-state index in [1.54, 1.807) is 0 Å². The summed E-state index contributed by atoms with van der Waals surface area (Å²) in [4.78, 5) is 22.0. The Bertz CT molecular complexity index is 499. The predicted octanol–water partition coefficient (Wildman–Crippen LogP) is 2.83. The molecule has 1 aromatic rings. The topological polar surface area (TPSA) is 75.6 Å². The van der Waals surface area contributed by atoms with Gasteiger partial charge in [0.15, 0.2) is 0 Å². The highest BCUT2D eigenvalue weighted by atomic mass is 16.5. The zero-order chi connectivity index (χ0) is 16.4. The summed E-state index contributed by atoms with van der Waals surface area (Å²) in [7, 11) is 0. The molecule has 0 unspecified atom stereocenters. The van der Waals surface area contributed by atoms with Crippen molar-refractivity contribution in [1.82, 2.24) is 5.32 Å². The number of carboxylic acids is 1. The molecule has 0 saturated heterocycles. The monoisotopic (exact) mass is 307 g/mol. The molecule has 0 aromatic heterocycles. The number of nitrogens with one attached hydrogen (secondary N) is 1. The number of aryl methyl sites for hydroxylation is 2. The number of carbonyl (C=O) groups is 2. The largest absolute Gasteiger partial charge is 0.493 e. The minimum Gasteiger partial charge on any atom is -0.493 e. The molecule has 22 heavy (non-hydrogen) atoms. The van der Waals surface area contributed by atoms with Gasteiger partial charge in [-0.3, -0.25) is 9.59 Å². The lowest BCUT2D eigenvalue weighted by Crippen LogP contribution is -2.26. The molecule has 122 valence electrons. The van der Waals surface area contributed by atoms with Crippen LogP contribution in [0.4, 0.5) is 0 Å². The molecular weight excluding hydrogens is 282 g/mol. The molecular formula is C17H25NO4. The standard InChI is InChI=1S/C17H25NO4/c1-13-7-8-14(2)15(12-13)22-11-9-16(19)18-10-5-3-4-6-17(20)21/h7-8,12H,3-6,9-11H2,1-2H3,(H,18,19)(H,20,21). The van der Waals surface area contributed by atoms with E-state index in [0.29, 0.717) is 26.0 Å². The Morgan fingerprint density at radius 1 is 1.14 bits per heavy atom. The number of rotatable bonds is 10. The molecule has 0 bridgehead atoms. The highest BCUT2D eigenvalue weighted by Gasteiger charge is 2.04. The zero-order valence-corrected chi connectivity index (χ0v) is 13.4. The van der Waals surface area contributed by atoms with Crippen LogP contribution >= 0.6 is 0 Å². The quantitative estimate of drug-likeness (QED) is 0.652. The Labute approximate surface area is 131 Å². The van der Waals surface area contributed by atoms with E-state index in [4.69, 9.17) is 9.84 Å². The summed E-state index contributed by atoms with van der Waals surface area (Å²) in [5.41, 5.74) is 2.19. The van der Waals surface area contributed by atoms with Gasteiger partial charge in [-0.25, -0.2) is 0 Å². The molecule has 1 amide bonds. The van der Waals surface area contributed by atoms with Crippen LogP contribution in [0.15, 0.2) is 18.2 Å². The fourth-order valence-corrected chi connectivity index (χ4v) is 2.01. The fraction of sp³-hybridized carbons (Fsp3) is 0.529. The minimum absolute atomic E-state index is 0.0384. The number of amides is 1. The van der Waals surface area contributed by atoms with Gasteiger partial charge in [-0.05, 0) is 43.9 Å². The molecule has 1 rings (SSSR count). The molecule has 2 N–H and O–H groups in total. The van der Waals surface area contributed by atoms with Crippen molar-refractivity contribution in [3.63, 3.8) is 0 Å². The van der Waals surface area contributed by atoms with E-state index in [2.05, 4.69) is 5.32 Å². The lowest BCUT2D eigenvalue weighted by Gasteiger charge is -2.10. The normalized spacial score (nSPS) is 10.3. The van der Waals surface area contributed by atoms with Crippen LogP contribution in [0.25, 0.3) is 0 Å². The van der Waals surface area contributed by atoms with E-state index in [-0.39, 0.29) is 12.3 Å². The first-order valence-corrected chi connectivity index (χ1v) is 7.67. The zero-order valence-electron chi connectivity index (χ0n) is 13.4. The van der Waals surface area contributed by atoms with Crippen molar-refractivity contribution in [3.05, 3.63) is 29.3 Å². The van der Waals surface area contributed by atoms with Gasteiger partial charge in [0, 0.05) is 13.0 Å². The van der Waals surface area contributed by atoms with Gasteiger partial charge in [0.1, 0.15) is 5.75 Å². The van der Waals surface area contributed by atoms with Crippen LogP contribution in [0.2, 0.25) is 0 Å². The van der Waals surface area contributed by atoms with Crippen LogP contribution in [0.5, 0.6) is 5.75 Å². The molecule has 0 saturated carbocycles. The Balaban J connectivity index is 2.11. The number of benzene rings is 1. The maximum atomic E-state index is 11.6. The summed E-state index contributed by atoms with van der Waals surface area (Å²) in [5, 5.41) is 11.3. The molecule has 1 aromatic carbocycles. The van der Waals surface area contributed by atoms with E-state index in [0.717, 1.165) is 29.7 Å². The van der Waals surface area contributed by atoms with Crippen molar-refractivity contribution in [1.29, 1.82) is 0 Å². The van der Waals surface area contributed by atoms with Gasteiger partial charge in [0.25, 0.3) is 0 Å². The predicted molar refractivity (Wildman–Crippen MR) is 85.1 cm³/mol. The van der Waals surface area contributed by atoms with Crippen molar-refractivity contribution in [3.8, 4) is 5.75 Å². The van der Waals surface area contributed by atoms with Crippen LogP contribution in [0.1, 0.15) is 43.2 Å². The van der Waals surface area contributed by atoms with Gasteiger partial charge in [0.05, 0.1) is 13.0 Å². The third-order valence-electron chi connectivity index (χ3n) is 3.32. The molecule has 0 spiro atoms. The number of aliphatic carboxylic acids is 1. The second-order valence-electron chi connectivity index (χ2n) is 5.42. The average Bonchev–Trinajstić information content (AvgIpc) is 2.46. The maximum absolute atomic E-state index is 11.6. The van der Waals surface area contributed by atoms with Gasteiger partial charge < -0.3 is 15.2 Å². The molecule has 0 aliphatic rings. The summed E-state index contributed by atoms with van der Waals surface area (Å²) in [6.07, 6.45) is 2.78. The Kier molecular flexibility index (Phi) is 8.04. The van der Waals surface area contributed by atoms with Crippen molar-refractivity contribution in [2.24, 2.45) is 0 Å². The first-order chi connectivity index (χ1) is 10.5. The molecule has 0 heterocycles. The second-order valence-corrected chi connectivity index (χ2v) is 5.42. The summed E-state index contributed by atoms with van der Waals surface area (Å²) >= 11 is 0. The molecule has 5 nitrogen and oxygen atoms in total. The van der Waals surface area contributed by atoms with Gasteiger partial charge in [-0.1, -0.05) is 18.6 Å². The highest BCUT2D eigenvalue weighted by Crippen LogP contribution is 2.19. The molecule has 0 radical (unpaired) electrons. The Hall–Kier alpha value is -2.04. The highest BCUT2D eigenvalue weighted by molar-refractivity contribution is 5.75. The van der Waals surface area contributed by atoms with Crippen molar-refractivity contribution in [2.45, 2.75) is 46.0 Å². The third kappa shape index (κ3) is 7.67. The van der Waals surface area contributed by atoms with Gasteiger partial charge in [-0.15, -0.1) is 0 Å². The summed E-state index contributed by atoms with van der Waals surface area (Å²) in [5.74, 6) is 0.0117. The lowest BCUT2D eigenvalue weighted by molar-refractivity contribution is -0.137. The molecule has 0 atom stereocenters. The van der Waals surface area contributed by atoms with Crippen molar-refractivity contribution >= 4 is 11.9 Å². The Morgan fingerprint density at radius 2 is 1.91 bits per heavy atom. The summed E-state index contributed by atoms with van der Waals surface area (Å²) in [6, 6.07) is 6.00. The van der Waals surface area contributed by atoms with E-state index in [9.17, 15) is 9.59 Å². The fourth-order valence-electron chi connectivity index (χ4n) is 2.01. The molecule has 0 aliphatic carbocycles. The molecule has 5 heteroatoms. The number of carboxylic acid groups (broad SMARTS) is 1. The van der Waals surface area contributed by atoms with E-state index in [1.165, 1.54) is 0 Å². The lowest BCUT2D eigenvalue weighted by atomic mass is 10.1. The first kappa shape index (κ1) is 18.0. The second kappa shape index (κ2) is 9.82. The third-order valence-corrected chi connectivity index (χ3v) is 3.32. The average molecular weight is 307 g/mol. The van der Waals surface area contributed by atoms with E-state index >= 15 is 0 Å². The molecule has 0 fully saturated rings. The number of hydrogen-bond donors (Lipinski definition) is 2. The number of carbonyl (C=O) groups excluding carboxylic acids is 1. The van der Waals surface area contributed by atoms with Crippen LogP contribution in [0.3, 0.4) is 0 Å². The van der Waals surface area contributed by atoms with Gasteiger partial charge in [0.2, 0.25) is 5.91 Å². The van der Waals surface area contributed by atoms with E-state index in [1.807, 2.05) is 32.0 Å². The first-order valence-electron chi connectivity index (χ1n) is 7.67. The van der Waals surface area contributed by atoms with Gasteiger partial charge >= 0.3 is 5.97 Å².